The van der Waals surface area contributed by atoms with Crippen molar-refractivity contribution in [3.05, 3.63) is 90.0 Å². The smallest absolute Gasteiger partial charge is 0.308 e. The summed E-state index contributed by atoms with van der Waals surface area (Å²) < 4.78 is 10.9. The van der Waals surface area contributed by atoms with Crippen molar-refractivity contribution in [1.82, 2.24) is 0 Å². The molecule has 3 aromatic rings. The summed E-state index contributed by atoms with van der Waals surface area (Å²) in [6, 6.07) is 22.9. The number of carbonyl (C=O) groups is 2. The second kappa shape index (κ2) is 7.45. The Morgan fingerprint density at radius 3 is 2.20 bits per heavy atom. The van der Waals surface area contributed by atoms with Gasteiger partial charge in [0.05, 0.1) is 5.56 Å². The van der Waals surface area contributed by atoms with E-state index in [0.717, 1.165) is 0 Å². The maximum Gasteiger partial charge on any atom is 0.308 e. The van der Waals surface area contributed by atoms with Crippen molar-refractivity contribution in [3.8, 4) is 17.2 Å². The van der Waals surface area contributed by atoms with Crippen LogP contribution < -0.4 is 9.47 Å². The maximum atomic E-state index is 12.8. The van der Waals surface area contributed by atoms with Crippen LogP contribution in [0.15, 0.2) is 78.9 Å². The van der Waals surface area contributed by atoms with E-state index in [1.54, 1.807) is 48.5 Å². The van der Waals surface area contributed by atoms with Crippen LogP contribution in [-0.4, -0.2) is 11.8 Å². The second-order valence-electron chi connectivity index (χ2n) is 5.36. The fourth-order valence-corrected chi connectivity index (χ4v) is 2.38. The summed E-state index contributed by atoms with van der Waals surface area (Å²) in [6.07, 6.45) is 0. The van der Waals surface area contributed by atoms with Crippen LogP contribution in [0.3, 0.4) is 0 Å². The Hall–Kier alpha value is -3.40. The topological polar surface area (TPSA) is 52.6 Å². The quantitative estimate of drug-likeness (QED) is 0.388. The Morgan fingerprint density at radius 2 is 1.44 bits per heavy atom. The first kappa shape index (κ1) is 16.5. The van der Waals surface area contributed by atoms with Gasteiger partial charge in [0.1, 0.15) is 17.2 Å². The first-order valence-corrected chi connectivity index (χ1v) is 7.78. The van der Waals surface area contributed by atoms with Crippen LogP contribution in [0.1, 0.15) is 22.8 Å². The second-order valence-corrected chi connectivity index (χ2v) is 5.36. The number of rotatable bonds is 5. The summed E-state index contributed by atoms with van der Waals surface area (Å²) in [4.78, 5) is 24.0. The van der Waals surface area contributed by atoms with E-state index in [0.29, 0.717) is 22.6 Å². The molecule has 0 atom stereocenters. The molecule has 4 nitrogen and oxygen atoms in total. The largest absolute Gasteiger partial charge is 0.457 e. The van der Waals surface area contributed by atoms with Crippen molar-refractivity contribution in [3.63, 3.8) is 0 Å². The number of ether oxygens (including phenoxy) is 2. The molecule has 3 aromatic carbocycles. The molecule has 0 saturated heterocycles. The van der Waals surface area contributed by atoms with Crippen molar-refractivity contribution in [1.29, 1.82) is 0 Å². The average Bonchev–Trinajstić information content (AvgIpc) is 2.62. The van der Waals surface area contributed by atoms with Crippen LogP contribution in [-0.2, 0) is 4.79 Å². The van der Waals surface area contributed by atoms with E-state index in [1.165, 1.54) is 6.92 Å². The molecule has 0 heterocycles. The van der Waals surface area contributed by atoms with Crippen molar-refractivity contribution >= 4 is 11.8 Å². The van der Waals surface area contributed by atoms with Gasteiger partial charge in [-0.15, -0.1) is 0 Å². The highest BCUT2D eigenvalue weighted by molar-refractivity contribution is 6.11. The average molecular weight is 332 g/mol. The molecule has 0 unspecified atom stereocenters. The third kappa shape index (κ3) is 4.12. The molecule has 0 aliphatic heterocycles. The van der Waals surface area contributed by atoms with Gasteiger partial charge in [0, 0.05) is 12.5 Å². The first-order chi connectivity index (χ1) is 12.1. The molecule has 0 fully saturated rings. The number of benzene rings is 3. The van der Waals surface area contributed by atoms with E-state index in [1.807, 2.05) is 30.3 Å². The van der Waals surface area contributed by atoms with Gasteiger partial charge in [-0.3, -0.25) is 9.59 Å². The third-order valence-electron chi connectivity index (χ3n) is 3.46. The van der Waals surface area contributed by atoms with Crippen molar-refractivity contribution in [2.45, 2.75) is 6.92 Å². The lowest BCUT2D eigenvalue weighted by Gasteiger charge is -2.10. The molecule has 25 heavy (non-hydrogen) atoms. The summed E-state index contributed by atoms with van der Waals surface area (Å²) in [5.74, 6) is 0.778. The molecule has 0 N–H and O–H groups in total. The molecule has 0 aromatic heterocycles. The number of esters is 1. The van der Waals surface area contributed by atoms with Gasteiger partial charge in [-0.2, -0.15) is 0 Å². The lowest BCUT2D eigenvalue weighted by Crippen LogP contribution is -2.08. The predicted molar refractivity (Wildman–Crippen MR) is 94.1 cm³/mol. The van der Waals surface area contributed by atoms with Crippen molar-refractivity contribution < 1.29 is 19.1 Å². The van der Waals surface area contributed by atoms with Gasteiger partial charge in [0.2, 0.25) is 0 Å². The van der Waals surface area contributed by atoms with Gasteiger partial charge in [-0.25, -0.2) is 0 Å². The number of para-hydroxylation sites is 2. The van der Waals surface area contributed by atoms with Crippen LogP contribution in [0.2, 0.25) is 0 Å². The van der Waals surface area contributed by atoms with Gasteiger partial charge in [0.25, 0.3) is 0 Å². The van der Waals surface area contributed by atoms with Gasteiger partial charge in [-0.1, -0.05) is 42.5 Å². The number of ketones is 1. The monoisotopic (exact) mass is 332 g/mol. The van der Waals surface area contributed by atoms with E-state index >= 15 is 0 Å². The minimum Gasteiger partial charge on any atom is -0.457 e. The summed E-state index contributed by atoms with van der Waals surface area (Å²) in [5.41, 5.74) is 0.780. The summed E-state index contributed by atoms with van der Waals surface area (Å²) in [6.45, 7) is 1.30. The Balaban J connectivity index is 1.88. The first-order valence-electron chi connectivity index (χ1n) is 7.78. The minimum atomic E-state index is -0.471. The third-order valence-corrected chi connectivity index (χ3v) is 3.46. The molecular weight excluding hydrogens is 316 g/mol. The fourth-order valence-electron chi connectivity index (χ4n) is 2.38. The SMILES string of the molecule is CC(=O)Oc1ccccc1C(=O)c1cccc(Oc2ccccc2)c1. The Labute approximate surface area is 145 Å². The molecule has 0 aliphatic rings. The molecule has 0 spiro atoms. The summed E-state index contributed by atoms with van der Waals surface area (Å²) in [5, 5.41) is 0. The molecule has 4 heteroatoms. The Morgan fingerprint density at radius 1 is 0.760 bits per heavy atom. The predicted octanol–water partition coefficient (Wildman–Crippen LogP) is 4.64. The number of carbonyl (C=O) groups excluding carboxylic acids is 2. The maximum absolute atomic E-state index is 12.8. The van der Waals surface area contributed by atoms with Crippen molar-refractivity contribution in [2.24, 2.45) is 0 Å². The van der Waals surface area contributed by atoms with E-state index in [4.69, 9.17) is 9.47 Å². The molecule has 3 rings (SSSR count). The van der Waals surface area contributed by atoms with Gasteiger partial charge in [0.15, 0.2) is 5.78 Å². The van der Waals surface area contributed by atoms with Crippen LogP contribution in [0.25, 0.3) is 0 Å². The zero-order chi connectivity index (χ0) is 17.6. The lowest BCUT2D eigenvalue weighted by atomic mass is 10.0. The summed E-state index contributed by atoms with van der Waals surface area (Å²) in [7, 11) is 0. The van der Waals surface area contributed by atoms with Crippen LogP contribution in [0.5, 0.6) is 17.2 Å². The Bertz CT molecular complexity index is 901. The molecule has 124 valence electrons. The van der Waals surface area contributed by atoms with E-state index in [2.05, 4.69) is 0 Å². The highest BCUT2D eigenvalue weighted by atomic mass is 16.5. The standard InChI is InChI=1S/C21H16O4/c1-15(22)24-20-13-6-5-12-19(20)21(23)16-8-7-11-18(14-16)25-17-9-3-2-4-10-17/h2-14H,1H3. The van der Waals surface area contributed by atoms with Gasteiger partial charge in [-0.05, 0) is 36.4 Å². The van der Waals surface area contributed by atoms with Gasteiger partial charge < -0.3 is 9.47 Å². The highest BCUT2D eigenvalue weighted by Gasteiger charge is 2.16. The minimum absolute atomic E-state index is 0.240. The van der Waals surface area contributed by atoms with E-state index < -0.39 is 5.97 Å². The highest BCUT2D eigenvalue weighted by Crippen LogP contribution is 2.26. The molecule has 0 bridgehead atoms. The summed E-state index contributed by atoms with van der Waals surface area (Å²) >= 11 is 0. The fraction of sp³-hybridized carbons (Fsp3) is 0.0476. The normalized spacial score (nSPS) is 10.1. The lowest BCUT2D eigenvalue weighted by molar-refractivity contribution is -0.131. The van der Waals surface area contributed by atoms with Crippen LogP contribution in [0, 0.1) is 0 Å². The zero-order valence-electron chi connectivity index (χ0n) is 13.6. The van der Waals surface area contributed by atoms with Crippen LogP contribution in [0.4, 0.5) is 0 Å². The van der Waals surface area contributed by atoms with Crippen molar-refractivity contribution in [2.75, 3.05) is 0 Å². The molecule has 0 amide bonds. The molecule has 0 saturated carbocycles. The Kier molecular flexibility index (Phi) is 4.90. The molecule has 0 aliphatic carbocycles. The molecular formula is C21H16O4. The zero-order valence-corrected chi connectivity index (χ0v) is 13.6. The van der Waals surface area contributed by atoms with E-state index in [9.17, 15) is 9.59 Å². The number of hydrogen-bond donors (Lipinski definition) is 0. The number of hydrogen-bond acceptors (Lipinski definition) is 4. The van der Waals surface area contributed by atoms with Crippen LogP contribution >= 0.6 is 0 Å². The molecule has 0 radical (unpaired) electrons. The van der Waals surface area contributed by atoms with E-state index in [-0.39, 0.29) is 11.5 Å². The van der Waals surface area contributed by atoms with Gasteiger partial charge >= 0.3 is 5.97 Å².